The Labute approximate surface area is 105 Å². The lowest BCUT2D eigenvalue weighted by Crippen LogP contribution is -2.22. The molecule has 2 rings (SSSR count). The van der Waals surface area contributed by atoms with E-state index in [-0.39, 0.29) is 0 Å². The lowest BCUT2D eigenvalue weighted by Gasteiger charge is -2.13. The van der Waals surface area contributed by atoms with Crippen LogP contribution in [-0.2, 0) is 0 Å². The molecule has 15 heavy (non-hydrogen) atoms. The third-order valence-electron chi connectivity index (χ3n) is 2.48. The van der Waals surface area contributed by atoms with Crippen LogP contribution in [0.3, 0.4) is 0 Å². The second kappa shape index (κ2) is 4.96. The highest BCUT2D eigenvalue weighted by atomic mass is 35.5. The van der Waals surface area contributed by atoms with Crippen LogP contribution in [0.15, 0.2) is 17.0 Å². The maximum absolute atomic E-state index is 6.20. The fourth-order valence-electron chi connectivity index (χ4n) is 1.75. The Bertz CT molecular complexity index is 368. The molecule has 1 N–H and O–H groups in total. The molecule has 0 aliphatic carbocycles. The van der Waals surface area contributed by atoms with Gasteiger partial charge < -0.3 is 5.32 Å². The van der Waals surface area contributed by atoms with Gasteiger partial charge in [-0.3, -0.25) is 0 Å². The van der Waals surface area contributed by atoms with E-state index in [1.165, 1.54) is 5.56 Å². The Morgan fingerprint density at radius 3 is 2.87 bits per heavy atom. The van der Waals surface area contributed by atoms with E-state index >= 15 is 0 Å². The molecular weight excluding hydrogens is 249 g/mol. The zero-order valence-corrected chi connectivity index (χ0v) is 10.8. The van der Waals surface area contributed by atoms with Crippen LogP contribution in [0.5, 0.6) is 0 Å². The summed E-state index contributed by atoms with van der Waals surface area (Å²) in [5.41, 5.74) is 1.18. The summed E-state index contributed by atoms with van der Waals surface area (Å²) in [6.07, 6.45) is 1.13. The first-order chi connectivity index (χ1) is 7.24. The van der Waals surface area contributed by atoms with Crippen LogP contribution in [0.4, 0.5) is 0 Å². The van der Waals surface area contributed by atoms with Gasteiger partial charge in [0.25, 0.3) is 0 Å². The minimum Gasteiger partial charge on any atom is -0.309 e. The molecule has 1 atom stereocenters. The SMILES string of the molecule is CCCNC1CSc2c(Cl)ccc(Cl)c21. The molecule has 1 nitrogen and oxygen atoms in total. The van der Waals surface area contributed by atoms with Gasteiger partial charge in [0.15, 0.2) is 0 Å². The maximum Gasteiger partial charge on any atom is 0.0546 e. The molecule has 1 unspecified atom stereocenters. The summed E-state index contributed by atoms with van der Waals surface area (Å²) >= 11 is 14.1. The average Bonchev–Trinajstić information content (AvgIpc) is 2.65. The van der Waals surface area contributed by atoms with Crippen molar-refractivity contribution < 1.29 is 0 Å². The number of fused-ring (bicyclic) bond motifs is 1. The van der Waals surface area contributed by atoms with Crippen molar-refractivity contribution in [2.24, 2.45) is 0 Å². The molecule has 1 aromatic rings. The van der Waals surface area contributed by atoms with Gasteiger partial charge in [0.1, 0.15) is 0 Å². The van der Waals surface area contributed by atoms with Gasteiger partial charge in [-0.1, -0.05) is 30.1 Å². The smallest absolute Gasteiger partial charge is 0.0546 e. The normalized spacial score (nSPS) is 19.3. The van der Waals surface area contributed by atoms with Crippen LogP contribution in [0, 0.1) is 0 Å². The first kappa shape index (κ1) is 11.6. The van der Waals surface area contributed by atoms with Gasteiger partial charge in [0.2, 0.25) is 0 Å². The third kappa shape index (κ3) is 2.28. The van der Waals surface area contributed by atoms with E-state index in [0.717, 1.165) is 33.7 Å². The topological polar surface area (TPSA) is 12.0 Å². The fraction of sp³-hybridized carbons (Fsp3) is 0.455. The molecule has 0 saturated heterocycles. The van der Waals surface area contributed by atoms with Crippen molar-refractivity contribution in [1.29, 1.82) is 0 Å². The van der Waals surface area contributed by atoms with Crippen LogP contribution >= 0.6 is 35.0 Å². The lowest BCUT2D eigenvalue weighted by molar-refractivity contribution is 0.579. The Balaban J connectivity index is 2.28. The van der Waals surface area contributed by atoms with Crippen LogP contribution in [-0.4, -0.2) is 12.3 Å². The monoisotopic (exact) mass is 261 g/mol. The number of halogens is 2. The zero-order chi connectivity index (χ0) is 10.8. The maximum atomic E-state index is 6.20. The summed E-state index contributed by atoms with van der Waals surface area (Å²) in [6, 6.07) is 4.11. The predicted octanol–water partition coefficient (Wildman–Crippen LogP) is 4.14. The average molecular weight is 262 g/mol. The van der Waals surface area contributed by atoms with Crippen LogP contribution in [0.25, 0.3) is 0 Å². The summed E-state index contributed by atoms with van der Waals surface area (Å²) < 4.78 is 0. The number of nitrogens with one attached hydrogen (secondary N) is 1. The molecule has 1 aliphatic heterocycles. The van der Waals surface area contributed by atoms with Gasteiger partial charge in [0, 0.05) is 27.3 Å². The van der Waals surface area contributed by atoms with Gasteiger partial charge in [0.05, 0.1) is 5.02 Å². The van der Waals surface area contributed by atoms with Crippen molar-refractivity contribution in [2.45, 2.75) is 24.3 Å². The number of hydrogen-bond acceptors (Lipinski definition) is 2. The summed E-state index contributed by atoms with van der Waals surface area (Å²) in [7, 11) is 0. The minimum atomic E-state index is 0.358. The van der Waals surface area contributed by atoms with Gasteiger partial charge in [-0.25, -0.2) is 0 Å². The Morgan fingerprint density at radius 2 is 2.13 bits per heavy atom. The van der Waals surface area contributed by atoms with Crippen LogP contribution in [0.2, 0.25) is 10.0 Å². The molecule has 0 spiro atoms. The van der Waals surface area contributed by atoms with Crippen molar-refractivity contribution in [3.05, 3.63) is 27.7 Å². The molecule has 4 heteroatoms. The third-order valence-corrected chi connectivity index (χ3v) is 4.46. The minimum absolute atomic E-state index is 0.358. The number of hydrogen-bond donors (Lipinski definition) is 1. The standard InChI is InChI=1S/C11H13Cl2NS/c1-2-5-14-9-6-15-11-8(13)4-3-7(12)10(9)11/h3-4,9,14H,2,5-6H2,1H3. The van der Waals surface area contributed by atoms with E-state index in [9.17, 15) is 0 Å². The van der Waals surface area contributed by atoms with Gasteiger partial charge in [-0.2, -0.15) is 0 Å². The first-order valence-electron chi connectivity index (χ1n) is 5.08. The van der Waals surface area contributed by atoms with Gasteiger partial charge in [-0.15, -0.1) is 11.8 Å². The summed E-state index contributed by atoms with van der Waals surface area (Å²) in [5.74, 6) is 1.03. The van der Waals surface area contributed by atoms with Gasteiger partial charge >= 0.3 is 0 Å². The van der Waals surface area contributed by atoms with Crippen molar-refractivity contribution in [3.63, 3.8) is 0 Å². The van der Waals surface area contributed by atoms with E-state index in [1.54, 1.807) is 11.8 Å². The highest BCUT2D eigenvalue weighted by molar-refractivity contribution is 7.99. The molecular formula is C11H13Cl2NS. The molecule has 1 aromatic carbocycles. The fourth-order valence-corrected chi connectivity index (χ4v) is 3.66. The van der Waals surface area contributed by atoms with E-state index in [2.05, 4.69) is 12.2 Å². The number of rotatable bonds is 3. The highest BCUT2D eigenvalue weighted by Crippen LogP contribution is 2.45. The number of benzene rings is 1. The van der Waals surface area contributed by atoms with Gasteiger partial charge in [-0.05, 0) is 25.1 Å². The zero-order valence-electron chi connectivity index (χ0n) is 8.52. The van der Waals surface area contributed by atoms with Crippen LogP contribution in [0.1, 0.15) is 24.9 Å². The summed E-state index contributed by atoms with van der Waals surface area (Å²) in [6.45, 7) is 3.18. The summed E-state index contributed by atoms with van der Waals surface area (Å²) in [5, 5.41) is 5.14. The first-order valence-corrected chi connectivity index (χ1v) is 6.82. The largest absolute Gasteiger partial charge is 0.309 e. The molecule has 82 valence electrons. The second-order valence-corrected chi connectivity index (χ2v) is 5.43. The molecule has 1 heterocycles. The Kier molecular flexibility index (Phi) is 3.83. The van der Waals surface area contributed by atoms with E-state index in [0.29, 0.717) is 6.04 Å². The van der Waals surface area contributed by atoms with Crippen molar-refractivity contribution in [3.8, 4) is 0 Å². The predicted molar refractivity (Wildman–Crippen MR) is 68.2 cm³/mol. The molecule has 0 saturated carbocycles. The number of thioether (sulfide) groups is 1. The van der Waals surface area contributed by atoms with E-state index in [1.807, 2.05) is 12.1 Å². The Morgan fingerprint density at radius 1 is 1.40 bits per heavy atom. The Hall–Kier alpha value is 0.110. The van der Waals surface area contributed by atoms with E-state index in [4.69, 9.17) is 23.2 Å². The van der Waals surface area contributed by atoms with Crippen molar-refractivity contribution in [1.82, 2.24) is 5.32 Å². The highest BCUT2D eigenvalue weighted by Gasteiger charge is 2.26. The lowest BCUT2D eigenvalue weighted by atomic mass is 10.1. The molecule has 0 radical (unpaired) electrons. The molecule has 0 bridgehead atoms. The molecule has 1 aliphatic rings. The molecule has 0 amide bonds. The van der Waals surface area contributed by atoms with Crippen molar-refractivity contribution >= 4 is 35.0 Å². The van der Waals surface area contributed by atoms with Crippen molar-refractivity contribution in [2.75, 3.05) is 12.3 Å². The molecule has 0 aromatic heterocycles. The molecule has 0 fully saturated rings. The quantitative estimate of drug-likeness (QED) is 0.878. The van der Waals surface area contributed by atoms with Crippen LogP contribution < -0.4 is 5.32 Å². The second-order valence-electron chi connectivity index (χ2n) is 3.59. The summed E-state index contributed by atoms with van der Waals surface area (Å²) in [4.78, 5) is 1.15. The van der Waals surface area contributed by atoms with E-state index < -0.39 is 0 Å².